The lowest BCUT2D eigenvalue weighted by Gasteiger charge is -2.01. The maximum absolute atomic E-state index is 11.7. The summed E-state index contributed by atoms with van der Waals surface area (Å²) in [5, 5.41) is 2.59. The summed E-state index contributed by atoms with van der Waals surface area (Å²) in [5.74, 6) is -0.168. The van der Waals surface area contributed by atoms with E-state index in [4.69, 9.17) is 5.73 Å². The number of carbonyl (C=O) groups is 1. The van der Waals surface area contributed by atoms with Crippen LogP contribution in [0.15, 0.2) is 30.3 Å². The van der Waals surface area contributed by atoms with Gasteiger partial charge in [-0.2, -0.15) is 0 Å². The molecule has 0 fully saturated rings. The predicted octanol–water partition coefficient (Wildman–Crippen LogP) is 2.35. The molecule has 0 spiro atoms. The third-order valence-electron chi connectivity index (χ3n) is 2.74. The third kappa shape index (κ3) is 2.33. The molecule has 0 aliphatic heterocycles. The van der Waals surface area contributed by atoms with Crippen LogP contribution in [0.4, 0.5) is 5.69 Å². The molecule has 0 radical (unpaired) electrons. The molecule has 1 amide bonds. The second kappa shape index (κ2) is 5.60. The molecule has 96 valence electrons. The molecule has 18 heavy (non-hydrogen) atoms. The first-order chi connectivity index (χ1) is 8.15. The van der Waals surface area contributed by atoms with Crippen LogP contribution >= 0.6 is 12.4 Å². The molecule has 4 nitrogen and oxygen atoms in total. The van der Waals surface area contributed by atoms with Crippen molar-refractivity contribution in [3.63, 3.8) is 0 Å². The minimum atomic E-state index is -0.168. The molecule has 0 aliphatic rings. The highest BCUT2D eigenvalue weighted by Gasteiger charge is 2.18. The fourth-order valence-corrected chi connectivity index (χ4v) is 1.89. The predicted molar refractivity (Wildman–Crippen MR) is 76.0 cm³/mol. The first-order valence-electron chi connectivity index (χ1n) is 5.40. The number of amides is 1. The zero-order valence-corrected chi connectivity index (χ0v) is 11.1. The van der Waals surface area contributed by atoms with Gasteiger partial charge in [-0.25, -0.2) is 0 Å². The zero-order valence-electron chi connectivity index (χ0n) is 10.3. The number of halogens is 1. The van der Waals surface area contributed by atoms with Gasteiger partial charge < -0.3 is 16.0 Å². The molecule has 2 rings (SSSR count). The van der Waals surface area contributed by atoms with Gasteiger partial charge in [0.15, 0.2) is 0 Å². The Kier molecular flexibility index (Phi) is 4.39. The highest BCUT2D eigenvalue weighted by Crippen LogP contribution is 2.30. The standard InChI is InChI=1S/C13H15N3O.ClH/c1-8-10(13(17)15-2)11(14)12(16-8)9-6-4-3-5-7-9;/h3-7,16H,14H2,1-2H3,(H,15,17);1H. The van der Waals surface area contributed by atoms with Crippen LogP contribution in [0.2, 0.25) is 0 Å². The van der Waals surface area contributed by atoms with Crippen LogP contribution in [0.25, 0.3) is 11.3 Å². The molecular formula is C13H16ClN3O. The number of aromatic amines is 1. The van der Waals surface area contributed by atoms with Crippen molar-refractivity contribution >= 4 is 24.0 Å². The molecule has 1 aromatic carbocycles. The van der Waals surface area contributed by atoms with E-state index in [1.807, 2.05) is 37.3 Å². The smallest absolute Gasteiger partial charge is 0.254 e. The number of aryl methyl sites for hydroxylation is 1. The van der Waals surface area contributed by atoms with Gasteiger partial charge in [-0.05, 0) is 6.92 Å². The van der Waals surface area contributed by atoms with Crippen molar-refractivity contribution in [2.75, 3.05) is 12.8 Å². The number of nitrogens with two attached hydrogens (primary N) is 1. The Bertz CT molecular complexity index is 549. The van der Waals surface area contributed by atoms with Crippen LogP contribution in [-0.2, 0) is 0 Å². The van der Waals surface area contributed by atoms with E-state index in [1.54, 1.807) is 7.05 Å². The molecule has 0 saturated heterocycles. The summed E-state index contributed by atoms with van der Waals surface area (Å²) in [7, 11) is 1.59. The average Bonchev–Trinajstić information content (AvgIpc) is 2.65. The summed E-state index contributed by atoms with van der Waals surface area (Å²) < 4.78 is 0. The van der Waals surface area contributed by atoms with Gasteiger partial charge in [0.05, 0.1) is 16.9 Å². The van der Waals surface area contributed by atoms with Crippen LogP contribution < -0.4 is 11.1 Å². The van der Waals surface area contributed by atoms with Gasteiger partial charge in [-0.15, -0.1) is 12.4 Å². The molecular weight excluding hydrogens is 250 g/mol. The maximum atomic E-state index is 11.7. The Labute approximate surface area is 112 Å². The molecule has 0 saturated carbocycles. The molecule has 0 atom stereocenters. The molecule has 5 heteroatoms. The summed E-state index contributed by atoms with van der Waals surface area (Å²) >= 11 is 0. The largest absolute Gasteiger partial charge is 0.396 e. The first-order valence-corrected chi connectivity index (χ1v) is 5.40. The van der Waals surface area contributed by atoms with E-state index in [-0.39, 0.29) is 18.3 Å². The number of nitrogen functional groups attached to an aromatic ring is 1. The number of rotatable bonds is 2. The minimum Gasteiger partial charge on any atom is -0.396 e. The molecule has 1 aromatic heterocycles. The Morgan fingerprint density at radius 3 is 2.44 bits per heavy atom. The van der Waals surface area contributed by atoms with Crippen LogP contribution in [0.3, 0.4) is 0 Å². The molecule has 4 N–H and O–H groups in total. The fraction of sp³-hybridized carbons (Fsp3) is 0.154. The second-order valence-electron chi connectivity index (χ2n) is 3.86. The number of carbonyl (C=O) groups excluding carboxylic acids is 1. The maximum Gasteiger partial charge on any atom is 0.254 e. The van der Waals surface area contributed by atoms with E-state index in [9.17, 15) is 4.79 Å². The van der Waals surface area contributed by atoms with E-state index >= 15 is 0 Å². The van der Waals surface area contributed by atoms with Crippen molar-refractivity contribution in [1.82, 2.24) is 10.3 Å². The van der Waals surface area contributed by atoms with Crippen LogP contribution in [0.5, 0.6) is 0 Å². The average molecular weight is 266 g/mol. The lowest BCUT2D eigenvalue weighted by Crippen LogP contribution is -2.19. The Balaban J connectivity index is 0.00000162. The van der Waals surface area contributed by atoms with Crippen molar-refractivity contribution in [1.29, 1.82) is 0 Å². The monoisotopic (exact) mass is 265 g/mol. The van der Waals surface area contributed by atoms with E-state index in [0.717, 1.165) is 17.0 Å². The van der Waals surface area contributed by atoms with E-state index in [0.29, 0.717) is 11.3 Å². The highest BCUT2D eigenvalue weighted by atomic mass is 35.5. The number of aromatic nitrogens is 1. The van der Waals surface area contributed by atoms with Gasteiger partial charge in [-0.3, -0.25) is 4.79 Å². The number of H-pyrrole nitrogens is 1. The van der Waals surface area contributed by atoms with Crippen molar-refractivity contribution in [3.8, 4) is 11.3 Å². The third-order valence-corrected chi connectivity index (χ3v) is 2.74. The number of hydrogen-bond acceptors (Lipinski definition) is 2. The van der Waals surface area contributed by atoms with Crippen LogP contribution in [-0.4, -0.2) is 17.9 Å². The van der Waals surface area contributed by atoms with Crippen LogP contribution in [0, 0.1) is 6.92 Å². The van der Waals surface area contributed by atoms with Gasteiger partial charge >= 0.3 is 0 Å². The first kappa shape index (κ1) is 14.1. The van der Waals surface area contributed by atoms with Gasteiger partial charge in [0.2, 0.25) is 0 Å². The number of benzene rings is 1. The van der Waals surface area contributed by atoms with Gasteiger partial charge in [0.1, 0.15) is 0 Å². The lowest BCUT2D eigenvalue weighted by atomic mass is 10.1. The molecule has 2 aromatic rings. The zero-order chi connectivity index (χ0) is 12.4. The van der Waals surface area contributed by atoms with Crippen LogP contribution in [0.1, 0.15) is 16.1 Å². The molecule has 0 bridgehead atoms. The summed E-state index contributed by atoms with van der Waals surface area (Å²) in [6.45, 7) is 1.84. The number of hydrogen-bond donors (Lipinski definition) is 3. The quantitative estimate of drug-likeness (QED) is 0.780. The van der Waals surface area contributed by atoms with Crippen molar-refractivity contribution in [3.05, 3.63) is 41.6 Å². The van der Waals surface area contributed by atoms with Gasteiger partial charge in [0, 0.05) is 18.3 Å². The van der Waals surface area contributed by atoms with Crippen molar-refractivity contribution < 1.29 is 4.79 Å². The summed E-state index contributed by atoms with van der Waals surface area (Å²) in [6.07, 6.45) is 0. The van der Waals surface area contributed by atoms with E-state index < -0.39 is 0 Å². The number of nitrogens with one attached hydrogen (secondary N) is 2. The Hall–Kier alpha value is -1.94. The van der Waals surface area contributed by atoms with Crippen molar-refractivity contribution in [2.45, 2.75) is 6.92 Å². The minimum absolute atomic E-state index is 0. The lowest BCUT2D eigenvalue weighted by molar-refractivity contribution is 0.0963. The highest BCUT2D eigenvalue weighted by molar-refractivity contribution is 6.03. The van der Waals surface area contributed by atoms with E-state index in [1.165, 1.54) is 0 Å². The molecule has 1 heterocycles. The number of anilines is 1. The fourth-order valence-electron chi connectivity index (χ4n) is 1.89. The summed E-state index contributed by atoms with van der Waals surface area (Å²) in [4.78, 5) is 14.8. The van der Waals surface area contributed by atoms with E-state index in [2.05, 4.69) is 10.3 Å². The Morgan fingerprint density at radius 1 is 1.28 bits per heavy atom. The normalized spacial score (nSPS) is 9.67. The molecule has 0 aliphatic carbocycles. The topological polar surface area (TPSA) is 70.9 Å². The SMILES string of the molecule is CNC(=O)c1c(C)[nH]c(-c2ccccc2)c1N.Cl. The second-order valence-corrected chi connectivity index (χ2v) is 3.86. The Morgan fingerprint density at radius 2 is 1.89 bits per heavy atom. The summed E-state index contributed by atoms with van der Waals surface area (Å²) in [6, 6.07) is 9.72. The van der Waals surface area contributed by atoms with Gasteiger partial charge in [0.25, 0.3) is 5.91 Å². The van der Waals surface area contributed by atoms with Crippen molar-refractivity contribution in [2.24, 2.45) is 0 Å². The molecule has 0 unspecified atom stereocenters. The van der Waals surface area contributed by atoms with Gasteiger partial charge in [-0.1, -0.05) is 30.3 Å². The summed E-state index contributed by atoms with van der Waals surface area (Å²) in [5.41, 5.74) is 9.58.